The van der Waals surface area contributed by atoms with Crippen LogP contribution in [0.4, 0.5) is 14.5 Å². The summed E-state index contributed by atoms with van der Waals surface area (Å²) in [6, 6.07) is 12.5. The van der Waals surface area contributed by atoms with Gasteiger partial charge in [0.1, 0.15) is 17.4 Å². The minimum atomic E-state index is -0.321. The first kappa shape index (κ1) is 21.7. The van der Waals surface area contributed by atoms with Crippen molar-refractivity contribution >= 4 is 11.6 Å². The Morgan fingerprint density at radius 3 is 2.52 bits per heavy atom. The van der Waals surface area contributed by atoms with Crippen molar-refractivity contribution in [3.05, 3.63) is 60.2 Å². The van der Waals surface area contributed by atoms with Gasteiger partial charge in [0.25, 0.3) is 0 Å². The number of carbonyl (C=O) groups excluding carboxylic acids is 1. The molecule has 1 amide bonds. The number of nitrogens with one attached hydrogen (secondary N) is 3. The second-order valence-electron chi connectivity index (χ2n) is 8.26. The summed E-state index contributed by atoms with van der Waals surface area (Å²) in [5.41, 5.74) is 7.37. The Balaban J connectivity index is 1.15. The molecule has 166 valence electrons. The van der Waals surface area contributed by atoms with E-state index in [-0.39, 0.29) is 17.5 Å². The van der Waals surface area contributed by atoms with Gasteiger partial charge in [-0.15, -0.1) is 0 Å². The van der Waals surface area contributed by atoms with Gasteiger partial charge in [-0.2, -0.15) is 0 Å². The molecule has 2 aliphatic heterocycles. The van der Waals surface area contributed by atoms with Gasteiger partial charge in [0.2, 0.25) is 5.91 Å². The van der Waals surface area contributed by atoms with Gasteiger partial charge in [-0.1, -0.05) is 0 Å². The van der Waals surface area contributed by atoms with Gasteiger partial charge in [0, 0.05) is 24.3 Å². The first-order chi connectivity index (χ1) is 15.0. The van der Waals surface area contributed by atoms with Crippen molar-refractivity contribution in [1.82, 2.24) is 15.8 Å². The highest BCUT2D eigenvalue weighted by atomic mass is 19.1. The molecule has 0 saturated carbocycles. The zero-order valence-corrected chi connectivity index (χ0v) is 17.3. The van der Waals surface area contributed by atoms with Crippen LogP contribution in [0.25, 0.3) is 0 Å². The van der Waals surface area contributed by atoms with E-state index < -0.39 is 0 Å². The van der Waals surface area contributed by atoms with E-state index in [0.717, 1.165) is 32.4 Å². The Labute approximate surface area is 180 Å². The fourth-order valence-corrected chi connectivity index (χ4v) is 4.27. The third-order valence-corrected chi connectivity index (χ3v) is 5.93. The standard InChI is InChI=1S/C23H28F2N4O2/c24-17-1-5-19(6-2-17)26-23(30)15-29-11-9-16(14-29)22-13-20(27-28-22)10-12-31-21-7-3-18(25)4-8-21/h1-8,16,20,22,27-28H,9-15H2,(H,26,30). The molecule has 0 aromatic heterocycles. The summed E-state index contributed by atoms with van der Waals surface area (Å²) in [4.78, 5) is 14.4. The zero-order valence-electron chi connectivity index (χ0n) is 17.3. The van der Waals surface area contributed by atoms with E-state index in [1.807, 2.05) is 0 Å². The molecule has 2 saturated heterocycles. The molecule has 2 aromatic carbocycles. The van der Waals surface area contributed by atoms with Crippen molar-refractivity contribution in [1.29, 1.82) is 0 Å². The number of anilines is 1. The lowest BCUT2D eigenvalue weighted by molar-refractivity contribution is -0.117. The normalized spacial score (nSPS) is 23.7. The Kier molecular flexibility index (Phi) is 7.11. The summed E-state index contributed by atoms with van der Waals surface area (Å²) < 4.78 is 31.6. The molecule has 4 rings (SSSR count). The average Bonchev–Trinajstić information content (AvgIpc) is 3.41. The molecule has 2 heterocycles. The molecule has 3 atom stereocenters. The third kappa shape index (κ3) is 6.22. The number of likely N-dealkylation sites (tertiary alicyclic amines) is 1. The molecule has 0 radical (unpaired) electrons. The SMILES string of the molecule is O=C(CN1CCC(C2CC(CCOc3ccc(F)cc3)NN2)C1)Nc1ccc(F)cc1. The molecule has 2 fully saturated rings. The summed E-state index contributed by atoms with van der Waals surface area (Å²) in [7, 11) is 0. The Morgan fingerprint density at radius 2 is 1.77 bits per heavy atom. The molecular weight excluding hydrogens is 402 g/mol. The molecule has 0 bridgehead atoms. The summed E-state index contributed by atoms with van der Waals surface area (Å²) >= 11 is 0. The van der Waals surface area contributed by atoms with Gasteiger partial charge >= 0.3 is 0 Å². The summed E-state index contributed by atoms with van der Waals surface area (Å²) in [6.07, 6.45) is 2.91. The van der Waals surface area contributed by atoms with Crippen LogP contribution in [0, 0.1) is 17.6 Å². The maximum atomic E-state index is 13.0. The topological polar surface area (TPSA) is 65.6 Å². The minimum absolute atomic E-state index is 0.0828. The predicted octanol–water partition coefficient (Wildman–Crippen LogP) is 2.93. The Hall–Kier alpha value is -2.55. The van der Waals surface area contributed by atoms with Crippen LogP contribution >= 0.6 is 0 Å². The van der Waals surface area contributed by atoms with Crippen LogP contribution in [-0.4, -0.2) is 49.1 Å². The van der Waals surface area contributed by atoms with Crippen LogP contribution in [0.3, 0.4) is 0 Å². The van der Waals surface area contributed by atoms with Gasteiger partial charge in [0.05, 0.1) is 13.2 Å². The lowest BCUT2D eigenvalue weighted by atomic mass is 9.94. The Bertz CT molecular complexity index is 863. The quantitative estimate of drug-likeness (QED) is 0.601. The van der Waals surface area contributed by atoms with Gasteiger partial charge in [-0.3, -0.25) is 20.5 Å². The smallest absolute Gasteiger partial charge is 0.238 e. The largest absolute Gasteiger partial charge is 0.494 e. The van der Waals surface area contributed by atoms with E-state index >= 15 is 0 Å². The van der Waals surface area contributed by atoms with Crippen molar-refractivity contribution in [2.24, 2.45) is 5.92 Å². The van der Waals surface area contributed by atoms with Crippen molar-refractivity contribution < 1.29 is 18.3 Å². The number of rotatable bonds is 8. The third-order valence-electron chi connectivity index (χ3n) is 5.93. The van der Waals surface area contributed by atoms with Crippen LogP contribution in [0.5, 0.6) is 5.75 Å². The number of ether oxygens (including phenoxy) is 1. The molecular formula is C23H28F2N4O2. The average molecular weight is 430 g/mol. The molecule has 3 N–H and O–H groups in total. The zero-order chi connectivity index (χ0) is 21.6. The van der Waals surface area contributed by atoms with Crippen molar-refractivity contribution in [3.63, 3.8) is 0 Å². The number of hydrogen-bond donors (Lipinski definition) is 3. The monoisotopic (exact) mass is 430 g/mol. The number of amides is 1. The van der Waals surface area contributed by atoms with Gasteiger partial charge in [0.15, 0.2) is 0 Å². The van der Waals surface area contributed by atoms with E-state index in [4.69, 9.17) is 4.74 Å². The number of hydrazine groups is 1. The van der Waals surface area contributed by atoms with E-state index in [1.54, 1.807) is 24.3 Å². The van der Waals surface area contributed by atoms with Gasteiger partial charge < -0.3 is 10.1 Å². The number of hydrogen-bond acceptors (Lipinski definition) is 5. The molecule has 0 aliphatic carbocycles. The second-order valence-corrected chi connectivity index (χ2v) is 8.26. The van der Waals surface area contributed by atoms with E-state index in [1.165, 1.54) is 24.3 Å². The van der Waals surface area contributed by atoms with Crippen LogP contribution in [0.1, 0.15) is 19.3 Å². The first-order valence-corrected chi connectivity index (χ1v) is 10.7. The first-order valence-electron chi connectivity index (χ1n) is 10.7. The van der Waals surface area contributed by atoms with Gasteiger partial charge in [-0.25, -0.2) is 8.78 Å². The number of carbonyl (C=O) groups is 1. The van der Waals surface area contributed by atoms with Gasteiger partial charge in [-0.05, 0) is 80.3 Å². The maximum Gasteiger partial charge on any atom is 0.238 e. The molecule has 6 nitrogen and oxygen atoms in total. The number of nitrogens with zero attached hydrogens (tertiary/aromatic N) is 1. The second kappa shape index (κ2) is 10.2. The molecule has 3 unspecified atom stereocenters. The molecule has 0 spiro atoms. The van der Waals surface area contributed by atoms with Crippen LogP contribution in [0.15, 0.2) is 48.5 Å². The van der Waals surface area contributed by atoms with E-state index in [2.05, 4.69) is 21.1 Å². The summed E-state index contributed by atoms with van der Waals surface area (Å²) in [6.45, 7) is 2.66. The molecule has 2 aliphatic rings. The lowest BCUT2D eigenvalue weighted by Gasteiger charge is -2.19. The van der Waals surface area contributed by atoms with Crippen molar-refractivity contribution in [2.75, 3.05) is 31.6 Å². The summed E-state index contributed by atoms with van der Waals surface area (Å²) in [5, 5.41) is 2.82. The fourth-order valence-electron chi connectivity index (χ4n) is 4.27. The molecule has 8 heteroatoms. The fraction of sp³-hybridized carbons (Fsp3) is 0.435. The lowest BCUT2D eigenvalue weighted by Crippen LogP contribution is -2.39. The molecule has 2 aromatic rings. The maximum absolute atomic E-state index is 13.0. The van der Waals surface area contributed by atoms with Crippen LogP contribution in [-0.2, 0) is 4.79 Å². The highest BCUT2D eigenvalue weighted by molar-refractivity contribution is 5.92. The highest BCUT2D eigenvalue weighted by Gasteiger charge is 2.35. The number of halogens is 2. The van der Waals surface area contributed by atoms with Crippen molar-refractivity contribution in [3.8, 4) is 5.75 Å². The Morgan fingerprint density at radius 1 is 1.06 bits per heavy atom. The predicted molar refractivity (Wildman–Crippen MR) is 115 cm³/mol. The van der Waals surface area contributed by atoms with Crippen LogP contribution < -0.4 is 20.9 Å². The summed E-state index contributed by atoms with van der Waals surface area (Å²) in [5.74, 6) is 0.484. The molecule has 31 heavy (non-hydrogen) atoms. The minimum Gasteiger partial charge on any atom is -0.494 e. The van der Waals surface area contributed by atoms with E-state index in [9.17, 15) is 13.6 Å². The van der Waals surface area contributed by atoms with Crippen LogP contribution in [0.2, 0.25) is 0 Å². The van der Waals surface area contributed by atoms with E-state index in [0.29, 0.717) is 42.6 Å². The highest BCUT2D eigenvalue weighted by Crippen LogP contribution is 2.25. The van der Waals surface area contributed by atoms with Crippen molar-refractivity contribution in [2.45, 2.75) is 31.3 Å². The number of benzene rings is 2.